The molecule has 0 fully saturated rings. The third-order valence-electron chi connectivity index (χ3n) is 9.00. The zero-order valence-corrected chi connectivity index (χ0v) is 24.7. The van der Waals surface area contributed by atoms with Gasteiger partial charge in [0, 0.05) is 33.6 Å². The summed E-state index contributed by atoms with van der Waals surface area (Å²) in [6, 6.07) is 54.6. The van der Waals surface area contributed by atoms with Gasteiger partial charge >= 0.3 is 0 Å². The van der Waals surface area contributed by atoms with Crippen molar-refractivity contribution in [1.82, 2.24) is 0 Å². The molecule has 0 aliphatic heterocycles. The smallest absolute Gasteiger partial charge is 0.0452 e. The van der Waals surface area contributed by atoms with E-state index in [1.807, 2.05) is 48.5 Å². The van der Waals surface area contributed by atoms with Crippen molar-refractivity contribution >= 4 is 22.7 Å². The molecule has 0 saturated heterocycles. The van der Waals surface area contributed by atoms with Gasteiger partial charge in [-0.25, -0.2) is 0 Å². The lowest BCUT2D eigenvalue weighted by molar-refractivity contribution is 0.452. The zero-order chi connectivity index (χ0) is 30.6. The van der Waals surface area contributed by atoms with E-state index in [1.165, 1.54) is 11.1 Å². The van der Waals surface area contributed by atoms with Crippen LogP contribution in [0.5, 0.6) is 0 Å². The molecule has 0 radical (unpaired) electrons. The summed E-state index contributed by atoms with van der Waals surface area (Å²) in [6.07, 6.45) is 1.52. The van der Waals surface area contributed by atoms with Gasteiger partial charge in [-0.05, 0) is 94.8 Å². The quantitative estimate of drug-likeness (QED) is 0.103. The van der Waals surface area contributed by atoms with E-state index in [9.17, 15) is 0 Å². The van der Waals surface area contributed by atoms with Gasteiger partial charge in [0.15, 0.2) is 0 Å². The number of rotatable bonds is 9. The Morgan fingerprint density at radius 2 is 0.614 bits per heavy atom. The van der Waals surface area contributed by atoms with Crippen molar-refractivity contribution in [3.8, 4) is 0 Å². The highest BCUT2D eigenvalue weighted by Gasteiger charge is 2.42. The van der Waals surface area contributed by atoms with Crippen LogP contribution in [0.3, 0.4) is 0 Å². The highest BCUT2D eigenvalue weighted by Crippen LogP contribution is 2.50. The van der Waals surface area contributed by atoms with Gasteiger partial charge in [-0.2, -0.15) is 0 Å². The van der Waals surface area contributed by atoms with Crippen LogP contribution in [0.1, 0.15) is 46.2 Å². The molecule has 6 rings (SSSR count). The largest absolute Gasteiger partial charge is 0.399 e. The van der Waals surface area contributed by atoms with E-state index in [0.29, 0.717) is 0 Å². The summed E-state index contributed by atoms with van der Waals surface area (Å²) < 4.78 is 0. The van der Waals surface area contributed by atoms with Crippen LogP contribution < -0.4 is 22.9 Å². The summed E-state index contributed by atoms with van der Waals surface area (Å²) in [5.74, 6) is 0. The second-order valence-corrected chi connectivity index (χ2v) is 11.5. The first-order chi connectivity index (χ1) is 21.4. The monoisotopic (exact) mass is 574 g/mol. The molecule has 0 saturated carbocycles. The number of hydrogen-bond acceptors (Lipinski definition) is 4. The molecule has 0 heterocycles. The minimum Gasteiger partial charge on any atom is -0.399 e. The van der Waals surface area contributed by atoms with Crippen LogP contribution in [-0.2, 0) is 10.8 Å². The van der Waals surface area contributed by atoms with E-state index in [4.69, 9.17) is 22.9 Å². The van der Waals surface area contributed by atoms with Crippen molar-refractivity contribution in [1.29, 1.82) is 0 Å². The average Bonchev–Trinajstić information content (AvgIpc) is 3.06. The molecular weight excluding hydrogens is 536 g/mol. The van der Waals surface area contributed by atoms with Gasteiger partial charge in [0.1, 0.15) is 0 Å². The highest BCUT2D eigenvalue weighted by molar-refractivity contribution is 5.59. The van der Waals surface area contributed by atoms with Gasteiger partial charge in [-0.1, -0.05) is 109 Å². The molecule has 1 atom stereocenters. The first kappa shape index (κ1) is 28.6. The number of nitrogens with two attached hydrogens (primary N) is 4. The maximum absolute atomic E-state index is 6.48. The van der Waals surface area contributed by atoms with Crippen molar-refractivity contribution in [3.63, 3.8) is 0 Å². The third kappa shape index (κ3) is 5.27. The highest BCUT2D eigenvalue weighted by atomic mass is 14.6. The molecular formula is C40H38N4. The molecule has 44 heavy (non-hydrogen) atoms. The van der Waals surface area contributed by atoms with Crippen molar-refractivity contribution in [3.05, 3.63) is 191 Å². The maximum Gasteiger partial charge on any atom is 0.0452 e. The molecule has 0 amide bonds. The third-order valence-corrected chi connectivity index (χ3v) is 9.00. The SMILES string of the molecule is Nc1ccc(C(CCC(c2ccccc2)(c2ccc(N)cc2)c2cccc(N)c2)(c2ccccc2)c2ccc(N)cc2)cc1. The summed E-state index contributed by atoms with van der Waals surface area (Å²) in [6.45, 7) is 0. The predicted octanol–water partition coefficient (Wildman–Crippen LogP) is 8.16. The average molecular weight is 575 g/mol. The Labute approximate surface area is 260 Å². The van der Waals surface area contributed by atoms with Crippen LogP contribution in [-0.4, -0.2) is 0 Å². The second kappa shape index (κ2) is 12.0. The van der Waals surface area contributed by atoms with Crippen LogP contribution in [0.2, 0.25) is 0 Å². The Balaban J connectivity index is 1.65. The van der Waals surface area contributed by atoms with Crippen molar-refractivity contribution in [2.24, 2.45) is 0 Å². The maximum atomic E-state index is 6.48. The normalized spacial score (nSPS) is 12.8. The predicted molar refractivity (Wildman–Crippen MR) is 185 cm³/mol. The summed E-state index contributed by atoms with van der Waals surface area (Å²) in [4.78, 5) is 0. The lowest BCUT2D eigenvalue weighted by Crippen LogP contribution is -2.36. The fraction of sp³-hybridized carbons (Fsp3) is 0.100. The molecule has 1 unspecified atom stereocenters. The lowest BCUT2D eigenvalue weighted by Gasteiger charge is -2.42. The van der Waals surface area contributed by atoms with E-state index in [2.05, 4.69) is 109 Å². The van der Waals surface area contributed by atoms with Gasteiger partial charge in [0.25, 0.3) is 0 Å². The Bertz CT molecular complexity index is 1770. The molecule has 4 heteroatoms. The topological polar surface area (TPSA) is 104 Å². The molecule has 6 aromatic carbocycles. The van der Waals surface area contributed by atoms with Gasteiger partial charge in [-0.15, -0.1) is 0 Å². The molecule has 6 aromatic rings. The van der Waals surface area contributed by atoms with Gasteiger partial charge in [0.2, 0.25) is 0 Å². The van der Waals surface area contributed by atoms with E-state index in [1.54, 1.807) is 0 Å². The molecule has 0 aromatic heterocycles. The Hall–Kier alpha value is -5.48. The number of nitrogen functional groups attached to an aromatic ring is 4. The van der Waals surface area contributed by atoms with Crippen LogP contribution in [0.15, 0.2) is 158 Å². The number of benzene rings is 6. The van der Waals surface area contributed by atoms with Gasteiger partial charge in [-0.3, -0.25) is 0 Å². The van der Waals surface area contributed by atoms with Crippen molar-refractivity contribution < 1.29 is 0 Å². The zero-order valence-electron chi connectivity index (χ0n) is 24.7. The second-order valence-electron chi connectivity index (χ2n) is 11.5. The summed E-state index contributed by atoms with van der Waals surface area (Å²) in [5, 5.41) is 0. The van der Waals surface area contributed by atoms with E-state index in [0.717, 1.165) is 57.8 Å². The Morgan fingerprint density at radius 3 is 0.977 bits per heavy atom. The lowest BCUT2D eigenvalue weighted by atomic mass is 9.60. The summed E-state index contributed by atoms with van der Waals surface area (Å²) in [7, 11) is 0. The molecule has 0 bridgehead atoms. The molecule has 218 valence electrons. The molecule has 4 nitrogen and oxygen atoms in total. The fourth-order valence-corrected chi connectivity index (χ4v) is 6.79. The van der Waals surface area contributed by atoms with Gasteiger partial charge in [0.05, 0.1) is 0 Å². The van der Waals surface area contributed by atoms with Crippen molar-refractivity contribution in [2.75, 3.05) is 22.9 Å². The van der Waals surface area contributed by atoms with Crippen LogP contribution >= 0.6 is 0 Å². The summed E-state index contributed by atoms with van der Waals surface area (Å²) >= 11 is 0. The minimum absolute atomic E-state index is 0.517. The van der Waals surface area contributed by atoms with Crippen LogP contribution in [0.25, 0.3) is 0 Å². The fourth-order valence-electron chi connectivity index (χ4n) is 6.79. The molecule has 0 spiro atoms. The standard InChI is InChI=1S/C40H38N4/c41-35-20-14-31(15-21-35)39(29-8-3-1-4-9-29,32-16-22-36(42)23-17-32)26-27-40(30-10-5-2-6-11-30,33-18-24-37(43)25-19-33)34-12-7-13-38(44)28-34/h1-25,28H,26-27,41-44H2. The van der Waals surface area contributed by atoms with E-state index in [-0.39, 0.29) is 0 Å². The van der Waals surface area contributed by atoms with Crippen LogP contribution in [0, 0.1) is 0 Å². The minimum atomic E-state index is -0.536. The van der Waals surface area contributed by atoms with Crippen molar-refractivity contribution in [2.45, 2.75) is 23.7 Å². The molecule has 0 aliphatic carbocycles. The number of anilines is 4. The summed E-state index contributed by atoms with van der Waals surface area (Å²) in [5.41, 5.74) is 34.0. The first-order valence-electron chi connectivity index (χ1n) is 15.0. The first-order valence-corrected chi connectivity index (χ1v) is 15.0. The molecule has 8 N–H and O–H groups in total. The molecule has 0 aliphatic rings. The Kier molecular flexibility index (Phi) is 7.82. The van der Waals surface area contributed by atoms with E-state index >= 15 is 0 Å². The van der Waals surface area contributed by atoms with Gasteiger partial charge < -0.3 is 22.9 Å². The number of hydrogen-bond donors (Lipinski definition) is 4. The Morgan fingerprint density at radius 1 is 0.295 bits per heavy atom. The van der Waals surface area contributed by atoms with Crippen LogP contribution in [0.4, 0.5) is 22.7 Å². The van der Waals surface area contributed by atoms with E-state index < -0.39 is 10.8 Å².